The molecule has 3 aromatic rings. The zero-order chi connectivity index (χ0) is 17.4. The molecule has 4 rings (SSSR count). The number of nitrogens with one attached hydrogen (secondary N) is 1. The maximum absolute atomic E-state index is 14.0. The Morgan fingerprint density at radius 1 is 1.16 bits per heavy atom. The smallest absolute Gasteiger partial charge is 0.256 e. The molecule has 128 valence electrons. The number of halogens is 2. The van der Waals surface area contributed by atoms with Gasteiger partial charge in [0.05, 0.1) is 5.56 Å². The first kappa shape index (κ1) is 16.3. The van der Waals surface area contributed by atoms with E-state index < -0.39 is 5.82 Å². The summed E-state index contributed by atoms with van der Waals surface area (Å²) < 4.78 is 14.7. The fourth-order valence-electron chi connectivity index (χ4n) is 3.66. The third-order valence-corrected chi connectivity index (χ3v) is 5.50. The monoisotopic (exact) mass is 400 g/mol. The molecule has 0 spiro atoms. The lowest BCUT2D eigenvalue weighted by atomic mass is 9.89. The molecule has 1 amide bonds. The molecular formula is C20H18BrFN2O. The third-order valence-electron chi connectivity index (χ3n) is 5.00. The summed E-state index contributed by atoms with van der Waals surface area (Å²) >= 11 is 3.31. The first-order chi connectivity index (χ1) is 12.1. The van der Waals surface area contributed by atoms with E-state index in [1.54, 1.807) is 17.0 Å². The minimum atomic E-state index is -0.466. The standard InChI is InChI=1S/C20H18BrFN2O/c21-14-5-6-18(22)16(11-14)20(25)24-9-7-13(8-10-24)17-12-23-19-4-2-1-3-15(17)19/h1-6,11-13,23H,7-10H2. The molecule has 25 heavy (non-hydrogen) atoms. The van der Waals surface area contributed by atoms with Crippen LogP contribution in [0.15, 0.2) is 53.1 Å². The summed E-state index contributed by atoms with van der Waals surface area (Å²) in [5, 5.41) is 1.25. The molecule has 0 radical (unpaired) electrons. The second-order valence-corrected chi connectivity index (χ2v) is 7.40. The number of carbonyl (C=O) groups is 1. The summed E-state index contributed by atoms with van der Waals surface area (Å²) in [4.78, 5) is 17.7. The highest BCUT2D eigenvalue weighted by atomic mass is 79.9. The lowest BCUT2D eigenvalue weighted by Crippen LogP contribution is -2.38. The zero-order valence-corrected chi connectivity index (χ0v) is 15.2. The van der Waals surface area contributed by atoms with E-state index in [0.29, 0.717) is 23.5 Å². The number of amides is 1. The number of benzene rings is 2. The van der Waals surface area contributed by atoms with Gasteiger partial charge in [0, 0.05) is 34.7 Å². The van der Waals surface area contributed by atoms with E-state index in [1.165, 1.54) is 17.0 Å². The molecule has 1 aromatic heterocycles. The van der Waals surface area contributed by atoms with Crippen molar-refractivity contribution in [3.63, 3.8) is 0 Å². The minimum absolute atomic E-state index is 0.139. The number of piperidine rings is 1. The van der Waals surface area contributed by atoms with Crippen molar-refractivity contribution in [1.29, 1.82) is 0 Å². The van der Waals surface area contributed by atoms with Gasteiger partial charge in [-0.15, -0.1) is 0 Å². The van der Waals surface area contributed by atoms with Crippen LogP contribution in [0.4, 0.5) is 4.39 Å². The summed E-state index contributed by atoms with van der Waals surface area (Å²) in [7, 11) is 0. The summed E-state index contributed by atoms with van der Waals surface area (Å²) in [6.07, 6.45) is 3.87. The van der Waals surface area contributed by atoms with Crippen molar-refractivity contribution in [2.45, 2.75) is 18.8 Å². The molecule has 0 saturated carbocycles. The SMILES string of the molecule is O=C(c1cc(Br)ccc1F)N1CCC(c2c[nH]c3ccccc23)CC1. The number of H-pyrrole nitrogens is 1. The van der Waals surface area contributed by atoms with Crippen LogP contribution in [-0.2, 0) is 0 Å². The van der Waals surface area contributed by atoms with E-state index in [9.17, 15) is 9.18 Å². The molecule has 2 heterocycles. The number of hydrogen-bond acceptors (Lipinski definition) is 1. The Kier molecular flexibility index (Phi) is 4.34. The highest BCUT2D eigenvalue weighted by Crippen LogP contribution is 2.33. The molecular weight excluding hydrogens is 383 g/mol. The number of aromatic amines is 1. The molecule has 2 aromatic carbocycles. The van der Waals surface area contributed by atoms with Gasteiger partial charge in [0.15, 0.2) is 0 Å². The molecule has 0 bridgehead atoms. The number of likely N-dealkylation sites (tertiary alicyclic amines) is 1. The van der Waals surface area contributed by atoms with Gasteiger partial charge in [-0.25, -0.2) is 4.39 Å². The lowest BCUT2D eigenvalue weighted by molar-refractivity contribution is 0.0708. The normalized spacial score (nSPS) is 15.7. The predicted molar refractivity (Wildman–Crippen MR) is 100 cm³/mol. The molecule has 5 heteroatoms. The van der Waals surface area contributed by atoms with Crippen LogP contribution in [0.5, 0.6) is 0 Å². The quantitative estimate of drug-likeness (QED) is 0.638. The third kappa shape index (κ3) is 3.09. The van der Waals surface area contributed by atoms with E-state index >= 15 is 0 Å². The zero-order valence-electron chi connectivity index (χ0n) is 13.6. The van der Waals surface area contributed by atoms with Crippen molar-refractivity contribution in [2.75, 3.05) is 13.1 Å². The number of rotatable bonds is 2. The van der Waals surface area contributed by atoms with Crippen LogP contribution in [0.25, 0.3) is 10.9 Å². The Morgan fingerprint density at radius 3 is 2.72 bits per heavy atom. The number of fused-ring (bicyclic) bond motifs is 1. The van der Waals surface area contributed by atoms with Gasteiger partial charge in [-0.2, -0.15) is 0 Å². The van der Waals surface area contributed by atoms with E-state index in [0.717, 1.165) is 18.4 Å². The Hall–Kier alpha value is -2.14. The fraction of sp³-hybridized carbons (Fsp3) is 0.250. The lowest BCUT2D eigenvalue weighted by Gasteiger charge is -2.32. The fourth-order valence-corrected chi connectivity index (χ4v) is 4.02. The van der Waals surface area contributed by atoms with E-state index in [1.807, 2.05) is 12.1 Å². The van der Waals surface area contributed by atoms with Crippen LogP contribution in [0.2, 0.25) is 0 Å². The van der Waals surface area contributed by atoms with Crippen LogP contribution in [-0.4, -0.2) is 28.9 Å². The highest BCUT2D eigenvalue weighted by molar-refractivity contribution is 9.10. The van der Waals surface area contributed by atoms with Crippen molar-refractivity contribution >= 4 is 32.7 Å². The van der Waals surface area contributed by atoms with Gasteiger partial charge in [-0.3, -0.25) is 4.79 Å². The largest absolute Gasteiger partial charge is 0.361 e. The number of nitrogens with zero attached hydrogens (tertiary/aromatic N) is 1. The maximum Gasteiger partial charge on any atom is 0.256 e. The summed E-state index contributed by atoms with van der Waals surface area (Å²) in [5.74, 6) is -0.268. The molecule has 1 aliphatic heterocycles. The molecule has 1 aliphatic rings. The molecule has 0 unspecified atom stereocenters. The Balaban J connectivity index is 1.50. The van der Waals surface area contributed by atoms with Crippen molar-refractivity contribution in [3.05, 3.63) is 70.1 Å². The van der Waals surface area contributed by atoms with Gasteiger partial charge >= 0.3 is 0 Å². The molecule has 1 N–H and O–H groups in total. The minimum Gasteiger partial charge on any atom is -0.361 e. The molecule has 1 saturated heterocycles. The predicted octanol–water partition coefficient (Wildman–Crippen LogP) is 5.09. The summed E-state index contributed by atoms with van der Waals surface area (Å²) in [5.41, 5.74) is 2.60. The summed E-state index contributed by atoms with van der Waals surface area (Å²) in [6, 6.07) is 12.8. The second kappa shape index (κ2) is 6.64. The molecule has 0 aliphatic carbocycles. The van der Waals surface area contributed by atoms with Gasteiger partial charge in [0.25, 0.3) is 5.91 Å². The van der Waals surface area contributed by atoms with Gasteiger partial charge in [0.1, 0.15) is 5.82 Å². The van der Waals surface area contributed by atoms with Crippen LogP contribution in [0.3, 0.4) is 0 Å². The van der Waals surface area contributed by atoms with Gasteiger partial charge in [-0.1, -0.05) is 34.1 Å². The van der Waals surface area contributed by atoms with Crippen molar-refractivity contribution < 1.29 is 9.18 Å². The average molecular weight is 401 g/mol. The van der Waals surface area contributed by atoms with Crippen LogP contribution in [0.1, 0.15) is 34.7 Å². The van der Waals surface area contributed by atoms with Gasteiger partial charge < -0.3 is 9.88 Å². The topological polar surface area (TPSA) is 36.1 Å². The molecule has 3 nitrogen and oxygen atoms in total. The summed E-state index contributed by atoms with van der Waals surface area (Å²) in [6.45, 7) is 1.30. The van der Waals surface area contributed by atoms with E-state index in [2.05, 4.69) is 39.2 Å². The Morgan fingerprint density at radius 2 is 1.92 bits per heavy atom. The Labute approximate surface area is 154 Å². The van der Waals surface area contributed by atoms with Crippen molar-refractivity contribution in [3.8, 4) is 0 Å². The first-order valence-electron chi connectivity index (χ1n) is 8.44. The van der Waals surface area contributed by atoms with Crippen LogP contribution in [0, 0.1) is 5.82 Å². The van der Waals surface area contributed by atoms with Gasteiger partial charge in [0.2, 0.25) is 0 Å². The van der Waals surface area contributed by atoms with Crippen molar-refractivity contribution in [1.82, 2.24) is 9.88 Å². The van der Waals surface area contributed by atoms with Crippen LogP contribution < -0.4 is 0 Å². The maximum atomic E-state index is 14.0. The second-order valence-electron chi connectivity index (χ2n) is 6.48. The van der Waals surface area contributed by atoms with Crippen molar-refractivity contribution in [2.24, 2.45) is 0 Å². The van der Waals surface area contributed by atoms with Crippen LogP contribution >= 0.6 is 15.9 Å². The molecule has 1 fully saturated rings. The van der Waals surface area contributed by atoms with E-state index in [4.69, 9.17) is 0 Å². The molecule has 0 atom stereocenters. The number of para-hydroxylation sites is 1. The number of hydrogen-bond donors (Lipinski definition) is 1. The number of carbonyl (C=O) groups excluding carboxylic acids is 1. The highest BCUT2D eigenvalue weighted by Gasteiger charge is 2.27. The average Bonchev–Trinajstić information content (AvgIpc) is 3.07. The van der Waals surface area contributed by atoms with Gasteiger partial charge in [-0.05, 0) is 48.6 Å². The van der Waals surface area contributed by atoms with E-state index in [-0.39, 0.29) is 11.5 Å². The first-order valence-corrected chi connectivity index (χ1v) is 9.23. The Bertz CT molecular complexity index is 928. The number of aromatic nitrogens is 1.